The number of methoxy groups -OCH3 is 2. The van der Waals surface area contributed by atoms with Crippen molar-refractivity contribution in [2.75, 3.05) is 14.2 Å². The fourth-order valence-corrected chi connectivity index (χ4v) is 2.71. The first-order chi connectivity index (χ1) is 8.67. The van der Waals surface area contributed by atoms with E-state index in [9.17, 15) is 0 Å². The first-order valence-electron chi connectivity index (χ1n) is 5.36. The van der Waals surface area contributed by atoms with Crippen molar-refractivity contribution in [3.8, 4) is 11.5 Å². The van der Waals surface area contributed by atoms with Crippen molar-refractivity contribution in [1.82, 2.24) is 0 Å². The Kier molecular flexibility index (Phi) is 4.11. The van der Waals surface area contributed by atoms with Crippen LogP contribution < -0.4 is 15.2 Å². The maximum atomic E-state index is 6.24. The molecule has 1 aromatic carbocycles. The third kappa shape index (κ3) is 2.46. The summed E-state index contributed by atoms with van der Waals surface area (Å²) >= 11 is 7.84. The first kappa shape index (κ1) is 13.2. The Bertz CT molecular complexity index is 528. The Balaban J connectivity index is 2.45. The molecule has 2 aromatic rings. The average molecular weight is 284 g/mol. The van der Waals surface area contributed by atoms with Gasteiger partial charge in [0.05, 0.1) is 20.3 Å². The number of hydrogen-bond donors (Lipinski definition) is 1. The number of nitrogens with two attached hydrogens (primary N) is 1. The largest absolute Gasteiger partial charge is 0.493 e. The van der Waals surface area contributed by atoms with Gasteiger partial charge >= 0.3 is 0 Å². The second-order valence-electron chi connectivity index (χ2n) is 3.76. The van der Waals surface area contributed by atoms with Gasteiger partial charge in [0.15, 0.2) is 11.5 Å². The highest BCUT2D eigenvalue weighted by Crippen LogP contribution is 2.37. The molecule has 96 valence electrons. The molecule has 0 aliphatic heterocycles. The predicted molar refractivity (Wildman–Crippen MR) is 74.9 cm³/mol. The smallest absolute Gasteiger partial charge is 0.162 e. The molecule has 0 fully saturated rings. The van der Waals surface area contributed by atoms with Gasteiger partial charge in [-0.15, -0.1) is 0 Å². The molecule has 0 bridgehead atoms. The average Bonchev–Trinajstić information content (AvgIpc) is 2.91. The van der Waals surface area contributed by atoms with E-state index in [1.807, 2.05) is 22.9 Å². The molecule has 1 unspecified atom stereocenters. The molecular weight excluding hydrogens is 270 g/mol. The summed E-state index contributed by atoms with van der Waals surface area (Å²) in [4.78, 5) is 0. The maximum Gasteiger partial charge on any atom is 0.162 e. The van der Waals surface area contributed by atoms with Crippen molar-refractivity contribution in [2.24, 2.45) is 5.73 Å². The Morgan fingerprint density at radius 3 is 2.44 bits per heavy atom. The van der Waals surface area contributed by atoms with E-state index >= 15 is 0 Å². The van der Waals surface area contributed by atoms with Crippen molar-refractivity contribution in [1.29, 1.82) is 0 Å². The summed E-state index contributed by atoms with van der Waals surface area (Å²) in [7, 11) is 3.16. The van der Waals surface area contributed by atoms with Crippen LogP contribution in [-0.2, 0) is 0 Å². The van der Waals surface area contributed by atoms with Crippen molar-refractivity contribution in [2.45, 2.75) is 6.04 Å². The molecule has 2 N–H and O–H groups in total. The summed E-state index contributed by atoms with van der Waals surface area (Å²) in [5.41, 5.74) is 8.07. The molecule has 0 amide bonds. The summed E-state index contributed by atoms with van der Waals surface area (Å²) in [6, 6.07) is 5.27. The molecular formula is C13H14ClNO2S. The van der Waals surface area contributed by atoms with E-state index in [1.54, 1.807) is 31.6 Å². The molecule has 0 saturated carbocycles. The Labute approximate surface area is 115 Å². The number of hydrogen-bond acceptors (Lipinski definition) is 4. The zero-order chi connectivity index (χ0) is 13.1. The number of ether oxygens (including phenoxy) is 2. The lowest BCUT2D eigenvalue weighted by Gasteiger charge is -2.16. The fraction of sp³-hybridized carbons (Fsp3) is 0.231. The van der Waals surface area contributed by atoms with E-state index in [0.717, 1.165) is 11.1 Å². The number of rotatable bonds is 4. The minimum absolute atomic E-state index is 0.261. The third-order valence-corrected chi connectivity index (χ3v) is 3.77. The topological polar surface area (TPSA) is 44.5 Å². The molecule has 0 aliphatic carbocycles. The number of halogens is 1. The lowest BCUT2D eigenvalue weighted by Crippen LogP contribution is -2.11. The molecule has 1 atom stereocenters. The van der Waals surface area contributed by atoms with Gasteiger partial charge in [0, 0.05) is 11.1 Å². The monoisotopic (exact) mass is 283 g/mol. The van der Waals surface area contributed by atoms with Gasteiger partial charge in [-0.1, -0.05) is 11.6 Å². The number of thiophene rings is 1. The van der Waals surface area contributed by atoms with Gasteiger partial charge in [-0.3, -0.25) is 0 Å². The second-order valence-corrected chi connectivity index (χ2v) is 4.95. The first-order valence-corrected chi connectivity index (χ1v) is 6.68. The molecule has 0 radical (unpaired) electrons. The lowest BCUT2D eigenvalue weighted by molar-refractivity contribution is 0.354. The van der Waals surface area contributed by atoms with Crippen LogP contribution in [0.4, 0.5) is 0 Å². The SMILES string of the molecule is COc1cc(Cl)c(C(N)c2ccsc2)cc1OC. The van der Waals surface area contributed by atoms with Crippen LogP contribution in [0.25, 0.3) is 0 Å². The predicted octanol–water partition coefficient (Wildman–Crippen LogP) is 3.47. The summed E-state index contributed by atoms with van der Waals surface area (Å²) < 4.78 is 10.5. The molecule has 2 rings (SSSR count). The van der Waals surface area contributed by atoms with Crippen LogP contribution in [0.2, 0.25) is 5.02 Å². The van der Waals surface area contributed by atoms with Crippen molar-refractivity contribution in [3.63, 3.8) is 0 Å². The van der Waals surface area contributed by atoms with E-state index in [4.69, 9.17) is 26.8 Å². The van der Waals surface area contributed by atoms with Crippen LogP contribution >= 0.6 is 22.9 Å². The maximum absolute atomic E-state index is 6.24. The van der Waals surface area contributed by atoms with Crippen LogP contribution in [0.5, 0.6) is 11.5 Å². The van der Waals surface area contributed by atoms with Gasteiger partial charge in [0.2, 0.25) is 0 Å². The van der Waals surface area contributed by atoms with Gasteiger partial charge in [0.25, 0.3) is 0 Å². The molecule has 0 aliphatic rings. The van der Waals surface area contributed by atoms with Gasteiger partial charge in [-0.05, 0) is 34.0 Å². The standard InChI is InChI=1S/C13H14ClNO2S/c1-16-11-5-9(10(14)6-12(11)17-2)13(15)8-3-4-18-7-8/h3-7,13H,15H2,1-2H3. The molecule has 1 heterocycles. The van der Waals surface area contributed by atoms with Crippen LogP contribution in [0.3, 0.4) is 0 Å². The number of benzene rings is 1. The van der Waals surface area contributed by atoms with E-state index in [1.165, 1.54) is 0 Å². The van der Waals surface area contributed by atoms with Gasteiger partial charge in [0.1, 0.15) is 0 Å². The normalized spacial score (nSPS) is 12.2. The van der Waals surface area contributed by atoms with E-state index in [0.29, 0.717) is 16.5 Å². The second kappa shape index (κ2) is 5.61. The Morgan fingerprint density at radius 1 is 1.22 bits per heavy atom. The highest BCUT2D eigenvalue weighted by Gasteiger charge is 2.17. The van der Waals surface area contributed by atoms with Crippen LogP contribution in [0.1, 0.15) is 17.2 Å². The third-order valence-electron chi connectivity index (χ3n) is 2.74. The summed E-state index contributed by atoms with van der Waals surface area (Å²) in [5.74, 6) is 1.23. The van der Waals surface area contributed by atoms with E-state index in [-0.39, 0.29) is 6.04 Å². The zero-order valence-corrected chi connectivity index (χ0v) is 11.7. The molecule has 5 heteroatoms. The zero-order valence-electron chi connectivity index (χ0n) is 10.1. The van der Waals surface area contributed by atoms with Gasteiger partial charge in [-0.25, -0.2) is 0 Å². The minimum atomic E-state index is -0.261. The van der Waals surface area contributed by atoms with Crippen molar-refractivity contribution >= 4 is 22.9 Å². The van der Waals surface area contributed by atoms with E-state index in [2.05, 4.69) is 0 Å². The molecule has 3 nitrogen and oxygen atoms in total. The van der Waals surface area contributed by atoms with Gasteiger partial charge in [-0.2, -0.15) is 11.3 Å². The summed E-state index contributed by atoms with van der Waals surface area (Å²) in [6.07, 6.45) is 0. The molecule has 0 saturated heterocycles. The molecule has 0 spiro atoms. The Morgan fingerprint density at radius 2 is 1.89 bits per heavy atom. The summed E-state index contributed by atoms with van der Waals surface area (Å²) in [6.45, 7) is 0. The quantitative estimate of drug-likeness (QED) is 0.934. The molecule has 1 aromatic heterocycles. The van der Waals surface area contributed by atoms with Crippen molar-refractivity contribution in [3.05, 3.63) is 45.1 Å². The minimum Gasteiger partial charge on any atom is -0.493 e. The van der Waals surface area contributed by atoms with Crippen LogP contribution in [0.15, 0.2) is 29.0 Å². The van der Waals surface area contributed by atoms with E-state index < -0.39 is 0 Å². The van der Waals surface area contributed by atoms with Crippen LogP contribution in [0, 0.1) is 0 Å². The fourth-order valence-electron chi connectivity index (χ4n) is 1.74. The Hall–Kier alpha value is -1.23. The summed E-state index contributed by atoms with van der Waals surface area (Å²) in [5, 5.41) is 4.58. The van der Waals surface area contributed by atoms with Gasteiger partial charge < -0.3 is 15.2 Å². The highest BCUT2D eigenvalue weighted by atomic mass is 35.5. The van der Waals surface area contributed by atoms with Crippen molar-refractivity contribution < 1.29 is 9.47 Å². The highest BCUT2D eigenvalue weighted by molar-refractivity contribution is 7.08. The molecule has 18 heavy (non-hydrogen) atoms. The lowest BCUT2D eigenvalue weighted by atomic mass is 10.0. The van der Waals surface area contributed by atoms with Crippen LogP contribution in [-0.4, -0.2) is 14.2 Å².